The molecule has 21 heavy (non-hydrogen) atoms. The molecule has 6 nitrogen and oxygen atoms in total. The van der Waals surface area contributed by atoms with Crippen LogP contribution >= 0.6 is 0 Å². The van der Waals surface area contributed by atoms with Crippen LogP contribution in [0.3, 0.4) is 0 Å². The van der Waals surface area contributed by atoms with E-state index in [2.05, 4.69) is 13.8 Å². The van der Waals surface area contributed by atoms with Crippen molar-refractivity contribution in [2.75, 3.05) is 18.8 Å². The molecule has 0 spiro atoms. The first kappa shape index (κ1) is 16.9. The van der Waals surface area contributed by atoms with E-state index >= 15 is 0 Å². The third kappa shape index (κ3) is 3.93. The lowest BCUT2D eigenvalue weighted by Crippen LogP contribution is -2.35. The standard InChI is InChI=1S/C15H23N3O3/c1-4-11(5-2)10-17(6-3)15(19)12-8-7-9-13(16)14(12)18(20)21/h7-9,11H,4-6,10,16H2,1-3H3. The highest BCUT2D eigenvalue weighted by molar-refractivity contribution is 6.00. The SMILES string of the molecule is CCC(CC)CN(CC)C(=O)c1cccc(N)c1[N+](=O)[O-]. The van der Waals surface area contributed by atoms with Crippen LogP contribution in [0.25, 0.3) is 0 Å². The highest BCUT2D eigenvalue weighted by Gasteiger charge is 2.27. The summed E-state index contributed by atoms with van der Waals surface area (Å²) in [6.07, 6.45) is 1.94. The van der Waals surface area contributed by atoms with Crippen molar-refractivity contribution in [1.82, 2.24) is 4.90 Å². The molecule has 0 aliphatic heterocycles. The zero-order valence-corrected chi connectivity index (χ0v) is 12.8. The number of carbonyl (C=O) groups excluding carboxylic acids is 1. The fraction of sp³-hybridized carbons (Fsp3) is 0.533. The Morgan fingerprint density at radius 3 is 2.43 bits per heavy atom. The van der Waals surface area contributed by atoms with Crippen molar-refractivity contribution in [3.8, 4) is 0 Å². The number of benzene rings is 1. The first-order valence-corrected chi connectivity index (χ1v) is 7.28. The molecule has 1 aromatic carbocycles. The summed E-state index contributed by atoms with van der Waals surface area (Å²) in [5, 5.41) is 11.1. The van der Waals surface area contributed by atoms with E-state index < -0.39 is 4.92 Å². The van der Waals surface area contributed by atoms with Gasteiger partial charge in [-0.05, 0) is 25.0 Å². The molecule has 0 aliphatic rings. The van der Waals surface area contributed by atoms with Gasteiger partial charge >= 0.3 is 5.69 Å². The van der Waals surface area contributed by atoms with Gasteiger partial charge in [-0.2, -0.15) is 0 Å². The number of anilines is 1. The van der Waals surface area contributed by atoms with Crippen LogP contribution < -0.4 is 5.73 Å². The number of nitrogens with zero attached hydrogens (tertiary/aromatic N) is 2. The summed E-state index contributed by atoms with van der Waals surface area (Å²) < 4.78 is 0. The molecule has 0 aromatic heterocycles. The molecule has 0 saturated carbocycles. The predicted octanol–water partition coefficient (Wildman–Crippen LogP) is 3.08. The average molecular weight is 293 g/mol. The number of hydrogen-bond acceptors (Lipinski definition) is 4. The zero-order valence-electron chi connectivity index (χ0n) is 12.8. The minimum Gasteiger partial charge on any atom is -0.393 e. The van der Waals surface area contributed by atoms with Crippen LogP contribution in [-0.2, 0) is 0 Å². The molecule has 6 heteroatoms. The highest BCUT2D eigenvalue weighted by atomic mass is 16.6. The second-order valence-electron chi connectivity index (χ2n) is 5.03. The molecule has 0 atom stereocenters. The Morgan fingerprint density at radius 2 is 1.95 bits per heavy atom. The Kier molecular flexibility index (Phi) is 6.14. The van der Waals surface area contributed by atoms with Gasteiger partial charge in [-0.25, -0.2) is 0 Å². The minimum atomic E-state index is -0.590. The Labute approximate surface area is 125 Å². The van der Waals surface area contributed by atoms with Crippen molar-refractivity contribution in [3.63, 3.8) is 0 Å². The summed E-state index contributed by atoms with van der Waals surface area (Å²) in [6, 6.07) is 4.47. The van der Waals surface area contributed by atoms with Crippen LogP contribution in [0.5, 0.6) is 0 Å². The van der Waals surface area contributed by atoms with Gasteiger partial charge in [0.05, 0.1) is 4.92 Å². The number of carbonyl (C=O) groups is 1. The van der Waals surface area contributed by atoms with Gasteiger partial charge < -0.3 is 10.6 Å². The van der Waals surface area contributed by atoms with Gasteiger partial charge in [0.15, 0.2) is 0 Å². The topological polar surface area (TPSA) is 89.5 Å². The summed E-state index contributed by atoms with van der Waals surface area (Å²) in [4.78, 5) is 24.8. The number of para-hydroxylation sites is 1. The molecule has 0 fully saturated rings. The molecular weight excluding hydrogens is 270 g/mol. The third-order valence-corrected chi connectivity index (χ3v) is 3.78. The fourth-order valence-electron chi connectivity index (χ4n) is 2.32. The van der Waals surface area contributed by atoms with E-state index in [1.807, 2.05) is 6.92 Å². The maximum Gasteiger partial charge on any atom is 0.304 e. The molecule has 1 amide bonds. The van der Waals surface area contributed by atoms with Crippen LogP contribution in [0.4, 0.5) is 11.4 Å². The predicted molar refractivity (Wildman–Crippen MR) is 83.2 cm³/mol. The number of nitro benzene ring substituents is 1. The Balaban J connectivity index is 3.11. The molecular formula is C15H23N3O3. The number of nitrogens with two attached hydrogens (primary N) is 1. The van der Waals surface area contributed by atoms with E-state index in [0.717, 1.165) is 12.8 Å². The third-order valence-electron chi connectivity index (χ3n) is 3.78. The highest BCUT2D eigenvalue weighted by Crippen LogP contribution is 2.27. The van der Waals surface area contributed by atoms with E-state index in [1.54, 1.807) is 11.0 Å². The molecule has 0 radical (unpaired) electrons. The maximum absolute atomic E-state index is 12.6. The van der Waals surface area contributed by atoms with Gasteiger partial charge in [-0.3, -0.25) is 14.9 Å². The summed E-state index contributed by atoms with van der Waals surface area (Å²) >= 11 is 0. The van der Waals surface area contributed by atoms with E-state index in [0.29, 0.717) is 19.0 Å². The van der Waals surface area contributed by atoms with Crippen LogP contribution in [0, 0.1) is 16.0 Å². The largest absolute Gasteiger partial charge is 0.393 e. The minimum absolute atomic E-state index is 0.0180. The van der Waals surface area contributed by atoms with Crippen LogP contribution in [-0.4, -0.2) is 28.8 Å². The molecule has 1 rings (SSSR count). The molecule has 1 aromatic rings. The van der Waals surface area contributed by atoms with E-state index in [1.165, 1.54) is 12.1 Å². The second-order valence-corrected chi connectivity index (χ2v) is 5.03. The fourth-order valence-corrected chi connectivity index (χ4v) is 2.32. The summed E-state index contributed by atoms with van der Waals surface area (Å²) in [5.41, 5.74) is 5.42. The number of nitrogen functional groups attached to an aromatic ring is 1. The summed E-state index contributed by atoms with van der Waals surface area (Å²) in [7, 11) is 0. The van der Waals surface area contributed by atoms with Crippen molar-refractivity contribution in [2.45, 2.75) is 33.6 Å². The van der Waals surface area contributed by atoms with Gasteiger partial charge in [0.25, 0.3) is 5.91 Å². The van der Waals surface area contributed by atoms with Crippen LogP contribution in [0.15, 0.2) is 18.2 Å². The quantitative estimate of drug-likeness (QED) is 0.475. The smallest absolute Gasteiger partial charge is 0.304 e. The lowest BCUT2D eigenvalue weighted by molar-refractivity contribution is -0.384. The number of rotatable bonds is 7. The summed E-state index contributed by atoms with van der Waals surface area (Å²) in [5.74, 6) is 0.0671. The van der Waals surface area contributed by atoms with Gasteiger partial charge in [0.1, 0.15) is 11.3 Å². The monoisotopic (exact) mass is 293 g/mol. The number of amides is 1. The normalized spacial score (nSPS) is 10.7. The lowest BCUT2D eigenvalue weighted by Gasteiger charge is -2.25. The zero-order chi connectivity index (χ0) is 16.0. The number of nitro groups is 1. The van der Waals surface area contributed by atoms with Gasteiger partial charge in [-0.15, -0.1) is 0 Å². The molecule has 0 heterocycles. The van der Waals surface area contributed by atoms with Gasteiger partial charge in [-0.1, -0.05) is 32.8 Å². The van der Waals surface area contributed by atoms with Crippen LogP contribution in [0.2, 0.25) is 0 Å². The van der Waals surface area contributed by atoms with Gasteiger partial charge in [0, 0.05) is 13.1 Å². The maximum atomic E-state index is 12.6. The molecule has 0 unspecified atom stereocenters. The average Bonchev–Trinajstić information content (AvgIpc) is 2.47. The Morgan fingerprint density at radius 1 is 1.33 bits per heavy atom. The molecule has 116 valence electrons. The Hall–Kier alpha value is -2.11. The van der Waals surface area contributed by atoms with Gasteiger partial charge in [0.2, 0.25) is 0 Å². The molecule has 2 N–H and O–H groups in total. The van der Waals surface area contributed by atoms with Crippen molar-refractivity contribution in [1.29, 1.82) is 0 Å². The first-order chi connectivity index (χ1) is 9.96. The van der Waals surface area contributed by atoms with Crippen molar-refractivity contribution in [2.24, 2.45) is 5.92 Å². The van der Waals surface area contributed by atoms with Crippen molar-refractivity contribution >= 4 is 17.3 Å². The van der Waals surface area contributed by atoms with E-state index in [4.69, 9.17) is 5.73 Å². The number of hydrogen-bond donors (Lipinski definition) is 1. The lowest BCUT2D eigenvalue weighted by atomic mass is 10.0. The first-order valence-electron chi connectivity index (χ1n) is 7.28. The molecule has 0 saturated heterocycles. The summed E-state index contributed by atoms with van der Waals surface area (Å²) in [6.45, 7) is 7.15. The van der Waals surface area contributed by atoms with E-state index in [9.17, 15) is 14.9 Å². The van der Waals surface area contributed by atoms with Crippen molar-refractivity contribution in [3.05, 3.63) is 33.9 Å². The molecule has 0 aliphatic carbocycles. The van der Waals surface area contributed by atoms with E-state index in [-0.39, 0.29) is 22.8 Å². The molecule has 0 bridgehead atoms. The second kappa shape index (κ2) is 7.61. The van der Waals surface area contributed by atoms with Crippen LogP contribution in [0.1, 0.15) is 44.0 Å². The Bertz CT molecular complexity index is 513. The van der Waals surface area contributed by atoms with Crippen molar-refractivity contribution < 1.29 is 9.72 Å².